The maximum atomic E-state index is 10.8. The Morgan fingerprint density at radius 3 is 2.57 bits per heavy atom. The van der Waals surface area contributed by atoms with Crippen molar-refractivity contribution in [3.8, 4) is 5.88 Å². The first kappa shape index (κ1) is 10.5. The summed E-state index contributed by atoms with van der Waals surface area (Å²) in [6.07, 6.45) is 0. The van der Waals surface area contributed by atoms with E-state index in [1.54, 1.807) is 6.07 Å². The highest BCUT2D eigenvalue weighted by Gasteiger charge is 2.15. The second-order valence-corrected chi connectivity index (χ2v) is 3.25. The van der Waals surface area contributed by atoms with E-state index in [2.05, 4.69) is 4.98 Å². The van der Waals surface area contributed by atoms with Crippen molar-refractivity contribution in [3.05, 3.63) is 23.4 Å². The van der Waals surface area contributed by atoms with Crippen LogP contribution in [0.2, 0.25) is 0 Å². The molecule has 0 saturated carbocycles. The van der Waals surface area contributed by atoms with Crippen LogP contribution < -0.4 is 4.74 Å². The normalized spacial score (nSPS) is 10.3. The number of hydrogen-bond acceptors (Lipinski definition) is 3. The van der Waals surface area contributed by atoms with Crippen molar-refractivity contribution in [3.63, 3.8) is 0 Å². The van der Waals surface area contributed by atoms with Crippen LogP contribution in [0.25, 0.3) is 0 Å². The average Bonchev–Trinajstić information content (AvgIpc) is 2.16. The van der Waals surface area contributed by atoms with Crippen LogP contribution in [-0.2, 0) is 0 Å². The molecule has 1 rings (SSSR count). The van der Waals surface area contributed by atoms with Crippen LogP contribution in [0.15, 0.2) is 12.1 Å². The van der Waals surface area contributed by atoms with Crippen LogP contribution in [0.4, 0.5) is 0 Å². The first-order valence-electron chi connectivity index (χ1n) is 4.34. The third kappa shape index (κ3) is 2.02. The van der Waals surface area contributed by atoms with Gasteiger partial charge in [0, 0.05) is 6.07 Å². The molecule has 76 valence electrons. The highest BCUT2D eigenvalue weighted by atomic mass is 16.5. The van der Waals surface area contributed by atoms with Gasteiger partial charge in [-0.05, 0) is 12.0 Å². The third-order valence-corrected chi connectivity index (χ3v) is 1.89. The molecule has 1 aromatic heterocycles. The van der Waals surface area contributed by atoms with Crippen LogP contribution in [0.3, 0.4) is 0 Å². The van der Waals surface area contributed by atoms with E-state index >= 15 is 0 Å². The molecule has 0 aliphatic rings. The number of nitrogens with zero attached hydrogens (tertiary/aromatic N) is 1. The Kier molecular flexibility index (Phi) is 3.06. The lowest BCUT2D eigenvalue weighted by Crippen LogP contribution is -2.07. The van der Waals surface area contributed by atoms with E-state index in [1.165, 1.54) is 13.2 Å². The molecular formula is C10H13NO3. The maximum Gasteiger partial charge on any atom is 0.337 e. The largest absolute Gasteiger partial charge is 0.481 e. The van der Waals surface area contributed by atoms with Gasteiger partial charge in [0.2, 0.25) is 5.88 Å². The van der Waals surface area contributed by atoms with Gasteiger partial charge >= 0.3 is 5.97 Å². The monoisotopic (exact) mass is 195 g/mol. The molecule has 0 saturated heterocycles. The van der Waals surface area contributed by atoms with Gasteiger partial charge in [-0.3, -0.25) is 0 Å². The zero-order chi connectivity index (χ0) is 10.7. The van der Waals surface area contributed by atoms with Crippen LogP contribution in [0.5, 0.6) is 5.88 Å². The number of hydrogen-bond donors (Lipinski definition) is 1. The molecule has 0 aliphatic heterocycles. The van der Waals surface area contributed by atoms with Gasteiger partial charge in [0.15, 0.2) is 0 Å². The minimum absolute atomic E-state index is 0.0659. The molecular weight excluding hydrogens is 182 g/mol. The molecule has 14 heavy (non-hydrogen) atoms. The van der Waals surface area contributed by atoms with Crippen LogP contribution in [-0.4, -0.2) is 23.2 Å². The van der Waals surface area contributed by atoms with E-state index in [9.17, 15) is 4.79 Å². The first-order valence-corrected chi connectivity index (χ1v) is 4.34. The molecule has 0 spiro atoms. The molecule has 4 heteroatoms. The lowest BCUT2D eigenvalue weighted by molar-refractivity contribution is 0.0694. The molecule has 0 amide bonds. The molecule has 0 atom stereocenters. The van der Waals surface area contributed by atoms with E-state index in [1.807, 2.05) is 13.8 Å². The van der Waals surface area contributed by atoms with Crippen LogP contribution >= 0.6 is 0 Å². The number of ether oxygens (including phenoxy) is 1. The van der Waals surface area contributed by atoms with E-state index < -0.39 is 5.97 Å². The third-order valence-electron chi connectivity index (χ3n) is 1.89. The average molecular weight is 195 g/mol. The zero-order valence-electron chi connectivity index (χ0n) is 8.44. The molecule has 0 bridgehead atoms. The summed E-state index contributed by atoms with van der Waals surface area (Å²) in [7, 11) is 1.51. The Labute approximate surface area is 82.5 Å². The quantitative estimate of drug-likeness (QED) is 0.800. The van der Waals surface area contributed by atoms with Gasteiger partial charge < -0.3 is 9.84 Å². The minimum atomic E-state index is -0.955. The fourth-order valence-corrected chi connectivity index (χ4v) is 1.19. The Balaban J connectivity index is 3.24. The number of methoxy groups -OCH3 is 1. The highest BCUT2D eigenvalue weighted by Crippen LogP contribution is 2.20. The van der Waals surface area contributed by atoms with E-state index in [-0.39, 0.29) is 11.5 Å². The number of rotatable bonds is 3. The lowest BCUT2D eigenvalue weighted by atomic mass is 10.0. The molecule has 0 aliphatic carbocycles. The highest BCUT2D eigenvalue weighted by molar-refractivity contribution is 5.89. The SMILES string of the molecule is COc1ccc(C(=O)O)c(C(C)C)n1. The van der Waals surface area contributed by atoms with Crippen molar-refractivity contribution in [2.45, 2.75) is 19.8 Å². The molecule has 0 radical (unpaired) electrons. The van der Waals surface area contributed by atoms with Gasteiger partial charge in [-0.25, -0.2) is 9.78 Å². The number of aromatic carboxylic acids is 1. The fraction of sp³-hybridized carbons (Fsp3) is 0.400. The summed E-state index contributed by atoms with van der Waals surface area (Å²) >= 11 is 0. The molecule has 1 N–H and O–H groups in total. The Bertz CT molecular complexity index is 347. The van der Waals surface area contributed by atoms with Gasteiger partial charge in [0.05, 0.1) is 18.4 Å². The maximum absolute atomic E-state index is 10.8. The van der Waals surface area contributed by atoms with Crippen LogP contribution in [0, 0.1) is 0 Å². The van der Waals surface area contributed by atoms with Gasteiger partial charge in [0.1, 0.15) is 0 Å². The van der Waals surface area contributed by atoms with Gasteiger partial charge in [-0.1, -0.05) is 13.8 Å². The number of carbonyl (C=O) groups is 1. The predicted molar refractivity (Wildman–Crippen MR) is 51.8 cm³/mol. The van der Waals surface area contributed by atoms with Crippen molar-refractivity contribution in [2.24, 2.45) is 0 Å². The van der Waals surface area contributed by atoms with Gasteiger partial charge in [-0.2, -0.15) is 0 Å². The van der Waals surface area contributed by atoms with Crippen LogP contribution in [0.1, 0.15) is 35.8 Å². The second kappa shape index (κ2) is 4.09. The smallest absolute Gasteiger partial charge is 0.337 e. The Morgan fingerprint density at radius 1 is 1.50 bits per heavy atom. The standard InChI is InChI=1S/C10H13NO3/c1-6(2)9-7(10(12)13)4-5-8(11-9)14-3/h4-6H,1-3H3,(H,12,13). The van der Waals surface area contributed by atoms with E-state index in [4.69, 9.17) is 9.84 Å². The fourth-order valence-electron chi connectivity index (χ4n) is 1.19. The topological polar surface area (TPSA) is 59.4 Å². The van der Waals surface area contributed by atoms with Gasteiger partial charge in [0.25, 0.3) is 0 Å². The summed E-state index contributed by atoms with van der Waals surface area (Å²) in [5.41, 5.74) is 0.789. The predicted octanol–water partition coefficient (Wildman–Crippen LogP) is 1.91. The first-order chi connectivity index (χ1) is 6.56. The van der Waals surface area contributed by atoms with E-state index in [0.717, 1.165) is 0 Å². The Morgan fingerprint density at radius 2 is 2.14 bits per heavy atom. The molecule has 0 aromatic carbocycles. The summed E-state index contributed by atoms with van der Waals surface area (Å²) < 4.78 is 4.94. The number of carboxylic acid groups (broad SMARTS) is 1. The van der Waals surface area contributed by atoms with Crippen molar-refractivity contribution in [1.29, 1.82) is 0 Å². The summed E-state index contributed by atoms with van der Waals surface area (Å²) in [4.78, 5) is 15.0. The molecule has 0 fully saturated rings. The van der Waals surface area contributed by atoms with Crippen molar-refractivity contribution >= 4 is 5.97 Å². The van der Waals surface area contributed by atoms with Crippen molar-refractivity contribution in [1.82, 2.24) is 4.98 Å². The molecule has 0 unspecified atom stereocenters. The minimum Gasteiger partial charge on any atom is -0.481 e. The Hall–Kier alpha value is -1.58. The molecule has 1 heterocycles. The van der Waals surface area contributed by atoms with Crippen molar-refractivity contribution < 1.29 is 14.6 Å². The zero-order valence-corrected chi connectivity index (χ0v) is 8.44. The second-order valence-electron chi connectivity index (χ2n) is 3.25. The van der Waals surface area contributed by atoms with Crippen molar-refractivity contribution in [2.75, 3.05) is 7.11 Å². The molecule has 4 nitrogen and oxygen atoms in total. The lowest BCUT2D eigenvalue weighted by Gasteiger charge is -2.09. The van der Waals surface area contributed by atoms with Gasteiger partial charge in [-0.15, -0.1) is 0 Å². The number of carboxylic acids is 1. The van der Waals surface area contributed by atoms with E-state index in [0.29, 0.717) is 11.6 Å². The number of pyridine rings is 1. The summed E-state index contributed by atoms with van der Waals surface area (Å²) in [5.74, 6) is -0.446. The summed E-state index contributed by atoms with van der Waals surface area (Å²) in [6.45, 7) is 3.79. The molecule has 1 aromatic rings. The number of aromatic nitrogens is 1. The summed E-state index contributed by atoms with van der Waals surface area (Å²) in [6, 6.07) is 3.07. The summed E-state index contributed by atoms with van der Waals surface area (Å²) in [5, 5.41) is 8.90.